The molecule has 5 heterocycles. The Kier molecular flexibility index (Phi) is 6.17. The number of hydrogen-bond donors (Lipinski definition) is 1. The van der Waals surface area contributed by atoms with E-state index in [4.69, 9.17) is 4.74 Å². The summed E-state index contributed by atoms with van der Waals surface area (Å²) in [4.78, 5) is 36.1. The number of carbonyl (C=O) groups is 1. The summed E-state index contributed by atoms with van der Waals surface area (Å²) >= 11 is 0. The molecule has 3 aromatic rings. The number of rotatable bonds is 5. The number of amides is 1. The van der Waals surface area contributed by atoms with E-state index in [1.807, 2.05) is 70.3 Å². The number of pyridine rings is 2. The fourth-order valence-corrected chi connectivity index (χ4v) is 6.26. The Labute approximate surface area is 209 Å². The summed E-state index contributed by atoms with van der Waals surface area (Å²) in [6.45, 7) is 3.06. The van der Waals surface area contributed by atoms with Crippen molar-refractivity contribution in [3.8, 4) is 11.1 Å². The van der Waals surface area contributed by atoms with Crippen LogP contribution in [0, 0.1) is 11.8 Å². The Morgan fingerprint density at radius 2 is 1.86 bits per heavy atom. The van der Waals surface area contributed by atoms with Gasteiger partial charge in [0, 0.05) is 68.4 Å². The molecule has 8 heteroatoms. The van der Waals surface area contributed by atoms with Crippen LogP contribution in [0.15, 0.2) is 71.8 Å². The van der Waals surface area contributed by atoms with E-state index in [9.17, 15) is 14.7 Å². The summed E-state index contributed by atoms with van der Waals surface area (Å²) in [7, 11) is 0. The van der Waals surface area contributed by atoms with Crippen LogP contribution < -0.4 is 5.56 Å². The lowest BCUT2D eigenvalue weighted by molar-refractivity contribution is -0.142. The number of fused-ring (bicyclic) bond motifs is 4. The van der Waals surface area contributed by atoms with Gasteiger partial charge in [0.15, 0.2) is 0 Å². The van der Waals surface area contributed by atoms with E-state index in [0.717, 1.165) is 16.8 Å². The molecule has 0 saturated carbocycles. The Morgan fingerprint density at radius 1 is 1.06 bits per heavy atom. The molecule has 3 aliphatic rings. The van der Waals surface area contributed by atoms with E-state index < -0.39 is 5.92 Å². The first-order valence-corrected chi connectivity index (χ1v) is 12.6. The van der Waals surface area contributed by atoms with E-state index in [0.29, 0.717) is 45.0 Å². The molecule has 36 heavy (non-hydrogen) atoms. The standard InChI is InChI=1S/C28H30N4O4/c33-18-22-24-17-32-23(9-8-21(27(32)34)20-6-2-1-3-7-20)26(31(24)16-19-5-4-10-29-15-19)25(22)28(35)30-11-13-36-14-12-30/h1-10,15,22,24-26,33H,11-14,16-18H2/t22-,24-,25+,26+/m1/s1. The van der Waals surface area contributed by atoms with Gasteiger partial charge in [0.1, 0.15) is 0 Å². The highest BCUT2D eigenvalue weighted by molar-refractivity contribution is 5.81. The highest BCUT2D eigenvalue weighted by Crippen LogP contribution is 2.49. The molecule has 8 nitrogen and oxygen atoms in total. The zero-order chi connectivity index (χ0) is 24.6. The van der Waals surface area contributed by atoms with Crippen molar-refractivity contribution in [2.45, 2.75) is 25.2 Å². The third-order valence-corrected chi connectivity index (χ3v) is 7.95. The maximum absolute atomic E-state index is 13.9. The molecule has 2 saturated heterocycles. The highest BCUT2D eigenvalue weighted by Gasteiger charge is 2.56. The number of aliphatic hydroxyl groups is 1. The van der Waals surface area contributed by atoms with Crippen LogP contribution in [0.25, 0.3) is 11.1 Å². The van der Waals surface area contributed by atoms with Gasteiger partial charge in [0.2, 0.25) is 5.91 Å². The molecule has 1 amide bonds. The molecule has 0 unspecified atom stereocenters. The van der Waals surface area contributed by atoms with Gasteiger partial charge >= 0.3 is 0 Å². The molecule has 0 aliphatic carbocycles. The van der Waals surface area contributed by atoms with Gasteiger partial charge in [-0.2, -0.15) is 0 Å². The monoisotopic (exact) mass is 486 g/mol. The molecule has 0 radical (unpaired) electrons. The van der Waals surface area contributed by atoms with Crippen LogP contribution in [0.3, 0.4) is 0 Å². The normalized spacial score (nSPS) is 25.5. The maximum atomic E-state index is 13.9. The molecule has 2 bridgehead atoms. The quantitative estimate of drug-likeness (QED) is 0.593. The minimum atomic E-state index is -0.439. The molecule has 1 N–H and O–H groups in total. The van der Waals surface area contributed by atoms with Crippen molar-refractivity contribution in [1.29, 1.82) is 0 Å². The first kappa shape index (κ1) is 23.1. The van der Waals surface area contributed by atoms with Crippen molar-refractivity contribution in [1.82, 2.24) is 19.4 Å². The minimum Gasteiger partial charge on any atom is -0.396 e. The van der Waals surface area contributed by atoms with Gasteiger partial charge in [-0.1, -0.05) is 36.4 Å². The molecule has 186 valence electrons. The predicted molar refractivity (Wildman–Crippen MR) is 134 cm³/mol. The first-order valence-electron chi connectivity index (χ1n) is 12.6. The molecule has 2 fully saturated rings. The SMILES string of the molecule is O=C([C@H]1[C@H](CO)[C@H]2Cn3c(ccc(-c4ccccc4)c3=O)[C@@H]1N2Cc1cccnc1)N1CCOCC1. The van der Waals surface area contributed by atoms with Crippen LogP contribution in [0.2, 0.25) is 0 Å². The third kappa shape index (κ3) is 3.86. The van der Waals surface area contributed by atoms with E-state index >= 15 is 0 Å². The molecule has 4 atom stereocenters. The fourth-order valence-electron chi connectivity index (χ4n) is 6.26. The second kappa shape index (κ2) is 9.61. The van der Waals surface area contributed by atoms with Gasteiger partial charge in [-0.3, -0.25) is 19.5 Å². The fraction of sp³-hybridized carbons (Fsp3) is 0.393. The van der Waals surface area contributed by atoms with E-state index in [2.05, 4.69) is 9.88 Å². The third-order valence-electron chi connectivity index (χ3n) is 7.95. The van der Waals surface area contributed by atoms with Crippen LogP contribution in [-0.2, 0) is 22.6 Å². The maximum Gasteiger partial charge on any atom is 0.258 e. The van der Waals surface area contributed by atoms with Crippen molar-refractivity contribution in [2.75, 3.05) is 32.9 Å². The van der Waals surface area contributed by atoms with Crippen LogP contribution in [-0.4, -0.2) is 69.3 Å². The van der Waals surface area contributed by atoms with Gasteiger partial charge in [0.05, 0.1) is 25.2 Å². The van der Waals surface area contributed by atoms with Gasteiger partial charge < -0.3 is 19.3 Å². The van der Waals surface area contributed by atoms with Crippen molar-refractivity contribution in [3.63, 3.8) is 0 Å². The zero-order valence-electron chi connectivity index (χ0n) is 20.1. The minimum absolute atomic E-state index is 0.0362. The summed E-state index contributed by atoms with van der Waals surface area (Å²) in [5.41, 5.74) is 3.35. The number of benzene rings is 1. The number of aliphatic hydroxyl groups excluding tert-OH is 1. The lowest BCUT2D eigenvalue weighted by atomic mass is 9.86. The highest BCUT2D eigenvalue weighted by atomic mass is 16.5. The van der Waals surface area contributed by atoms with Crippen molar-refractivity contribution in [2.24, 2.45) is 11.8 Å². The second-order valence-corrected chi connectivity index (χ2v) is 9.81. The van der Waals surface area contributed by atoms with Gasteiger partial charge in [-0.15, -0.1) is 0 Å². The summed E-state index contributed by atoms with van der Waals surface area (Å²) < 4.78 is 7.31. The van der Waals surface area contributed by atoms with Crippen molar-refractivity contribution < 1.29 is 14.6 Å². The number of morpholine rings is 1. The van der Waals surface area contributed by atoms with Crippen LogP contribution in [0.1, 0.15) is 17.3 Å². The molecule has 0 spiro atoms. The average Bonchev–Trinajstić information content (AvgIpc) is 3.13. The van der Waals surface area contributed by atoms with Crippen LogP contribution >= 0.6 is 0 Å². The molecule has 1 aromatic carbocycles. The summed E-state index contributed by atoms with van der Waals surface area (Å²) in [6, 6.07) is 17.0. The summed E-state index contributed by atoms with van der Waals surface area (Å²) in [5.74, 6) is -0.680. The van der Waals surface area contributed by atoms with Crippen LogP contribution in [0.4, 0.5) is 0 Å². The Balaban J connectivity index is 1.45. The lowest BCUT2D eigenvalue weighted by Crippen LogP contribution is -2.47. The number of hydrogen-bond acceptors (Lipinski definition) is 6. The molecular formula is C28H30N4O4. The van der Waals surface area contributed by atoms with Gasteiger partial charge in [-0.05, 0) is 29.3 Å². The van der Waals surface area contributed by atoms with Gasteiger partial charge in [0.25, 0.3) is 5.56 Å². The summed E-state index contributed by atoms with van der Waals surface area (Å²) in [6.07, 6.45) is 3.59. The van der Waals surface area contributed by atoms with E-state index in [-0.39, 0.29) is 36.1 Å². The van der Waals surface area contributed by atoms with E-state index in [1.165, 1.54) is 0 Å². The Hall–Kier alpha value is -3.33. The topological polar surface area (TPSA) is 87.9 Å². The Morgan fingerprint density at radius 3 is 2.58 bits per heavy atom. The molecular weight excluding hydrogens is 456 g/mol. The smallest absolute Gasteiger partial charge is 0.258 e. The second-order valence-electron chi connectivity index (χ2n) is 9.81. The zero-order valence-corrected chi connectivity index (χ0v) is 20.1. The van der Waals surface area contributed by atoms with Crippen molar-refractivity contribution in [3.05, 3.63) is 88.6 Å². The number of aromatic nitrogens is 2. The first-order chi connectivity index (χ1) is 17.7. The predicted octanol–water partition coefficient (Wildman–Crippen LogP) is 1.93. The lowest BCUT2D eigenvalue weighted by Gasteiger charge is -2.39. The molecule has 3 aliphatic heterocycles. The molecule has 2 aromatic heterocycles. The number of ether oxygens (including phenoxy) is 1. The average molecular weight is 487 g/mol. The number of carbonyl (C=O) groups excluding carboxylic acids is 1. The Bertz CT molecular complexity index is 1290. The molecule has 6 rings (SSSR count). The van der Waals surface area contributed by atoms with Gasteiger partial charge in [-0.25, -0.2) is 0 Å². The van der Waals surface area contributed by atoms with E-state index in [1.54, 1.807) is 6.20 Å². The number of nitrogens with zero attached hydrogens (tertiary/aromatic N) is 4. The largest absolute Gasteiger partial charge is 0.396 e. The van der Waals surface area contributed by atoms with Crippen LogP contribution in [0.5, 0.6) is 0 Å². The summed E-state index contributed by atoms with van der Waals surface area (Å²) in [5, 5.41) is 10.6. The van der Waals surface area contributed by atoms with Crippen molar-refractivity contribution >= 4 is 5.91 Å².